The Kier molecular flexibility index (Phi) is 2.52. The van der Waals surface area contributed by atoms with Crippen molar-refractivity contribution in [1.82, 2.24) is 19.1 Å². The van der Waals surface area contributed by atoms with Crippen molar-refractivity contribution >= 4 is 32.4 Å². The Morgan fingerprint density at radius 2 is 2.31 bits per heavy atom. The molecular weight excluding hydrogens is 252 g/mol. The van der Waals surface area contributed by atoms with Crippen molar-refractivity contribution in [2.45, 2.75) is 5.03 Å². The number of nitrogens with two attached hydrogens (primary N) is 1. The molecule has 86 valence electrons. The Morgan fingerprint density at radius 3 is 2.81 bits per heavy atom. The number of rotatable bonds is 3. The molecule has 0 unspecified atom stereocenters. The van der Waals surface area contributed by atoms with E-state index in [-0.39, 0.29) is 10.8 Å². The Labute approximate surface area is 95.3 Å². The minimum atomic E-state index is -3.75. The third kappa shape index (κ3) is 1.84. The molecule has 0 aliphatic rings. The van der Waals surface area contributed by atoms with Crippen molar-refractivity contribution in [2.24, 2.45) is 7.05 Å². The standard InChI is InChI=1S/C6H8N6O2S2/c1-12-3-8-5(7)6(12)16(13,14)10-4-2-9-11-15-4/h2-3,10H,7H2,1H3. The van der Waals surface area contributed by atoms with Crippen molar-refractivity contribution in [3.05, 3.63) is 12.5 Å². The molecule has 0 aliphatic carbocycles. The molecule has 0 atom stereocenters. The van der Waals surface area contributed by atoms with E-state index in [0.29, 0.717) is 5.00 Å². The van der Waals surface area contributed by atoms with Gasteiger partial charge in [0.2, 0.25) is 0 Å². The molecule has 2 aromatic heterocycles. The Morgan fingerprint density at radius 1 is 1.56 bits per heavy atom. The molecule has 2 aromatic rings. The van der Waals surface area contributed by atoms with Crippen LogP contribution in [0.5, 0.6) is 0 Å². The largest absolute Gasteiger partial charge is 0.381 e. The zero-order valence-electron chi connectivity index (χ0n) is 8.15. The third-order valence-electron chi connectivity index (χ3n) is 1.76. The van der Waals surface area contributed by atoms with E-state index in [4.69, 9.17) is 5.73 Å². The Bertz CT molecular complexity index is 567. The highest BCUT2D eigenvalue weighted by atomic mass is 32.2. The first kappa shape index (κ1) is 10.8. The van der Waals surface area contributed by atoms with Gasteiger partial charge in [0.05, 0.1) is 12.5 Å². The van der Waals surface area contributed by atoms with Gasteiger partial charge in [0.15, 0.2) is 10.8 Å². The van der Waals surface area contributed by atoms with Gasteiger partial charge in [0.1, 0.15) is 5.00 Å². The molecule has 0 fully saturated rings. The molecule has 0 saturated heterocycles. The number of anilines is 2. The van der Waals surface area contributed by atoms with Gasteiger partial charge in [-0.3, -0.25) is 4.72 Å². The van der Waals surface area contributed by atoms with Crippen LogP contribution < -0.4 is 10.5 Å². The van der Waals surface area contributed by atoms with E-state index < -0.39 is 10.0 Å². The van der Waals surface area contributed by atoms with E-state index in [2.05, 4.69) is 19.3 Å². The van der Waals surface area contributed by atoms with Crippen LogP contribution in [-0.4, -0.2) is 27.6 Å². The summed E-state index contributed by atoms with van der Waals surface area (Å²) >= 11 is 0.937. The van der Waals surface area contributed by atoms with Crippen LogP contribution in [0, 0.1) is 0 Å². The predicted molar refractivity (Wildman–Crippen MR) is 58.3 cm³/mol. The molecule has 0 bridgehead atoms. The first-order valence-electron chi connectivity index (χ1n) is 4.07. The quantitative estimate of drug-likeness (QED) is 0.779. The average molecular weight is 260 g/mol. The lowest BCUT2D eigenvalue weighted by atomic mass is 10.8. The van der Waals surface area contributed by atoms with Crippen LogP contribution in [0.3, 0.4) is 0 Å². The SMILES string of the molecule is Cn1cnc(N)c1S(=O)(=O)Nc1cnns1. The molecule has 2 heterocycles. The summed E-state index contributed by atoms with van der Waals surface area (Å²) in [6.45, 7) is 0. The van der Waals surface area contributed by atoms with Crippen LogP contribution >= 0.6 is 11.5 Å². The van der Waals surface area contributed by atoms with Crippen LogP contribution in [-0.2, 0) is 17.1 Å². The second-order valence-electron chi connectivity index (χ2n) is 2.93. The number of hydrogen-bond donors (Lipinski definition) is 2. The van der Waals surface area contributed by atoms with E-state index in [1.165, 1.54) is 17.1 Å². The Hall–Kier alpha value is -1.68. The van der Waals surface area contributed by atoms with Gasteiger partial charge in [0.25, 0.3) is 10.0 Å². The number of nitrogen functional groups attached to an aromatic ring is 1. The Balaban J connectivity index is 2.40. The van der Waals surface area contributed by atoms with Gasteiger partial charge < -0.3 is 10.3 Å². The van der Waals surface area contributed by atoms with Crippen molar-refractivity contribution in [1.29, 1.82) is 0 Å². The summed E-state index contributed by atoms with van der Waals surface area (Å²) in [5, 5.41) is 3.76. The van der Waals surface area contributed by atoms with Crippen LogP contribution in [0.4, 0.5) is 10.8 Å². The number of hydrogen-bond acceptors (Lipinski definition) is 7. The molecule has 3 N–H and O–H groups in total. The lowest BCUT2D eigenvalue weighted by Crippen LogP contribution is -2.17. The third-order valence-corrected chi connectivity index (χ3v) is 3.96. The monoisotopic (exact) mass is 260 g/mol. The molecule has 0 aromatic carbocycles. The zero-order chi connectivity index (χ0) is 11.8. The summed E-state index contributed by atoms with van der Waals surface area (Å²) in [5.41, 5.74) is 5.48. The molecule has 0 aliphatic heterocycles. The zero-order valence-corrected chi connectivity index (χ0v) is 9.79. The second-order valence-corrected chi connectivity index (χ2v) is 5.32. The maximum Gasteiger partial charge on any atom is 0.282 e. The van der Waals surface area contributed by atoms with E-state index >= 15 is 0 Å². The lowest BCUT2D eigenvalue weighted by Gasteiger charge is -2.05. The fraction of sp³-hybridized carbons (Fsp3) is 0.167. The summed E-state index contributed by atoms with van der Waals surface area (Å²) < 4.78 is 31.0. The minimum absolute atomic E-state index is 0.0486. The van der Waals surface area contributed by atoms with Gasteiger partial charge in [-0.15, -0.1) is 5.10 Å². The first-order chi connectivity index (χ1) is 7.50. The molecule has 0 spiro atoms. The highest BCUT2D eigenvalue weighted by Crippen LogP contribution is 2.20. The van der Waals surface area contributed by atoms with Crippen LogP contribution in [0.15, 0.2) is 17.6 Å². The van der Waals surface area contributed by atoms with E-state index in [9.17, 15) is 8.42 Å². The maximum atomic E-state index is 11.9. The molecule has 16 heavy (non-hydrogen) atoms. The number of sulfonamides is 1. The van der Waals surface area contributed by atoms with E-state index in [1.807, 2.05) is 0 Å². The van der Waals surface area contributed by atoms with E-state index in [0.717, 1.165) is 11.5 Å². The van der Waals surface area contributed by atoms with Crippen LogP contribution in [0.1, 0.15) is 0 Å². The predicted octanol–water partition coefficient (Wildman–Crippen LogP) is -0.345. The van der Waals surface area contributed by atoms with Crippen molar-refractivity contribution in [3.63, 3.8) is 0 Å². The van der Waals surface area contributed by atoms with Crippen molar-refractivity contribution < 1.29 is 8.42 Å². The van der Waals surface area contributed by atoms with Gasteiger partial charge in [-0.05, 0) is 0 Å². The molecule has 10 heteroatoms. The highest BCUT2D eigenvalue weighted by Gasteiger charge is 2.23. The number of imidazole rings is 1. The van der Waals surface area contributed by atoms with E-state index in [1.54, 1.807) is 7.05 Å². The first-order valence-corrected chi connectivity index (χ1v) is 6.33. The molecule has 0 radical (unpaired) electrons. The van der Waals surface area contributed by atoms with Gasteiger partial charge >= 0.3 is 0 Å². The molecule has 0 saturated carbocycles. The summed E-state index contributed by atoms with van der Waals surface area (Å²) in [4.78, 5) is 3.71. The molecule has 8 nitrogen and oxygen atoms in total. The summed E-state index contributed by atoms with van der Waals surface area (Å²) in [6, 6.07) is 0. The normalized spacial score (nSPS) is 11.6. The van der Waals surface area contributed by atoms with Gasteiger partial charge in [-0.1, -0.05) is 4.49 Å². The smallest absolute Gasteiger partial charge is 0.282 e. The van der Waals surface area contributed by atoms with Crippen LogP contribution in [0.2, 0.25) is 0 Å². The molecule has 2 rings (SSSR count). The number of aromatic nitrogens is 4. The minimum Gasteiger partial charge on any atom is -0.381 e. The fourth-order valence-corrected chi connectivity index (χ4v) is 3.08. The average Bonchev–Trinajstić information content (AvgIpc) is 2.76. The lowest BCUT2D eigenvalue weighted by molar-refractivity contribution is 0.592. The van der Waals surface area contributed by atoms with Gasteiger partial charge in [-0.2, -0.15) is 8.42 Å². The maximum absolute atomic E-state index is 11.9. The number of nitrogens with one attached hydrogen (secondary N) is 1. The number of nitrogens with zero attached hydrogens (tertiary/aromatic N) is 4. The summed E-state index contributed by atoms with van der Waals surface area (Å²) in [5.74, 6) is -0.0486. The second kappa shape index (κ2) is 3.72. The fourth-order valence-electron chi connectivity index (χ4n) is 1.16. The summed E-state index contributed by atoms with van der Waals surface area (Å²) in [7, 11) is -2.20. The van der Waals surface area contributed by atoms with Crippen LogP contribution in [0.25, 0.3) is 0 Å². The molecular formula is C6H8N6O2S2. The summed E-state index contributed by atoms with van der Waals surface area (Å²) in [6.07, 6.45) is 2.64. The van der Waals surface area contributed by atoms with Gasteiger partial charge in [0, 0.05) is 18.6 Å². The highest BCUT2D eigenvalue weighted by molar-refractivity contribution is 7.93. The van der Waals surface area contributed by atoms with Gasteiger partial charge in [-0.25, -0.2) is 4.98 Å². The van der Waals surface area contributed by atoms with Crippen molar-refractivity contribution in [2.75, 3.05) is 10.5 Å². The number of aryl methyl sites for hydroxylation is 1. The van der Waals surface area contributed by atoms with Crippen molar-refractivity contribution in [3.8, 4) is 0 Å². The molecule has 0 amide bonds. The topological polar surface area (TPSA) is 116 Å².